The van der Waals surface area contributed by atoms with Crippen molar-refractivity contribution in [3.8, 4) is 34.8 Å². The summed E-state index contributed by atoms with van der Waals surface area (Å²) in [6, 6.07) is 10.7. The normalized spacial score (nSPS) is 12.9. The van der Waals surface area contributed by atoms with E-state index in [9.17, 15) is 5.11 Å². The van der Waals surface area contributed by atoms with E-state index in [-0.39, 0.29) is 35.3 Å². The Hall–Kier alpha value is -4.41. The van der Waals surface area contributed by atoms with Gasteiger partial charge in [0.25, 0.3) is 11.8 Å². The summed E-state index contributed by atoms with van der Waals surface area (Å²) in [7, 11) is 1.91. The molecule has 0 spiro atoms. The van der Waals surface area contributed by atoms with Crippen LogP contribution in [0.5, 0.6) is 34.8 Å². The Bertz CT molecular complexity index is 1330. The Kier molecular flexibility index (Phi) is 7.18. The molecular weight excluding hydrogens is 472 g/mol. The lowest BCUT2D eigenvalue weighted by atomic mass is 10.2. The Morgan fingerprint density at radius 1 is 1.14 bits per heavy atom. The van der Waals surface area contributed by atoms with E-state index in [1.807, 2.05) is 18.0 Å². The maximum atomic E-state index is 15.2. The van der Waals surface area contributed by atoms with Crippen LogP contribution in [0.15, 0.2) is 47.5 Å². The first-order valence-electron chi connectivity index (χ1n) is 11.2. The molecule has 4 N–H and O–H groups in total. The first kappa shape index (κ1) is 24.7. The highest BCUT2D eigenvalue weighted by Crippen LogP contribution is 2.39. The molecule has 4 rings (SSSR count). The number of amidine groups is 2. The molecule has 36 heavy (non-hydrogen) atoms. The highest BCUT2D eigenvalue weighted by molar-refractivity contribution is 6.00. The number of ether oxygens (including phenoxy) is 3. The number of phenolic OH excluding ortho intramolecular Hbond substituents is 1. The number of nitrogens with two attached hydrogens (primary N) is 1. The number of nitrogens with one attached hydrogen (secondary N) is 1. The predicted molar refractivity (Wildman–Crippen MR) is 130 cm³/mol. The number of hydrogen-bond donors (Lipinski definition) is 3. The summed E-state index contributed by atoms with van der Waals surface area (Å²) in [5.41, 5.74) is 6.47. The topological polar surface area (TPSA) is 126 Å². The number of aliphatic imine (C=N–C) groups is 1. The van der Waals surface area contributed by atoms with Gasteiger partial charge in [-0.05, 0) is 36.8 Å². The zero-order valence-electron chi connectivity index (χ0n) is 19.7. The predicted octanol–water partition coefficient (Wildman–Crippen LogP) is 4.41. The average Bonchev–Trinajstić information content (AvgIpc) is 3.29. The Morgan fingerprint density at radius 3 is 2.56 bits per heavy atom. The minimum atomic E-state index is -1.21. The largest absolute Gasteiger partial charge is 0.504 e. The van der Waals surface area contributed by atoms with Crippen molar-refractivity contribution >= 4 is 11.7 Å². The molecule has 0 atom stereocenters. The molecule has 3 aromatic rings. The quantitative estimate of drug-likeness (QED) is 0.295. The van der Waals surface area contributed by atoms with Crippen molar-refractivity contribution < 1.29 is 28.1 Å². The summed E-state index contributed by atoms with van der Waals surface area (Å²) in [5, 5.41) is 17.7. The Balaban J connectivity index is 1.73. The van der Waals surface area contributed by atoms with Gasteiger partial charge in [-0.3, -0.25) is 10.4 Å². The van der Waals surface area contributed by atoms with E-state index in [1.54, 1.807) is 25.1 Å². The van der Waals surface area contributed by atoms with Crippen molar-refractivity contribution in [2.24, 2.45) is 10.7 Å². The summed E-state index contributed by atoms with van der Waals surface area (Å²) in [6.45, 7) is 3.27. The standard InChI is InChI=1S/C25H25F2N5O4/c1-3-11-34-21-19(26)24(35-16-6-4-5-15(12-16)23-30-9-10-32(23)2)31-25(20(21)27)36-18-13-14(22(28)29)7-8-17(18)33/h4-8,12-13,33H,3,9-11H2,1-2H3,(H3,28,29). The maximum Gasteiger partial charge on any atom is 0.263 e. The van der Waals surface area contributed by atoms with Gasteiger partial charge in [0.1, 0.15) is 17.4 Å². The minimum absolute atomic E-state index is 0.0312. The third-order valence-electron chi connectivity index (χ3n) is 5.27. The monoisotopic (exact) mass is 497 g/mol. The summed E-state index contributed by atoms with van der Waals surface area (Å²) in [5.74, 6) is -4.24. The van der Waals surface area contributed by atoms with Gasteiger partial charge in [0.2, 0.25) is 17.4 Å². The molecule has 188 valence electrons. The number of halogens is 2. The zero-order chi connectivity index (χ0) is 25.8. The van der Waals surface area contributed by atoms with Crippen molar-refractivity contribution in [3.63, 3.8) is 0 Å². The number of aromatic nitrogens is 1. The van der Waals surface area contributed by atoms with Gasteiger partial charge in [-0.25, -0.2) is 0 Å². The van der Waals surface area contributed by atoms with Crippen LogP contribution >= 0.6 is 0 Å². The molecule has 1 aliphatic heterocycles. The lowest BCUT2D eigenvalue weighted by molar-refractivity contribution is 0.266. The summed E-state index contributed by atoms with van der Waals surface area (Å²) in [4.78, 5) is 10.3. The van der Waals surface area contributed by atoms with Gasteiger partial charge in [0.05, 0.1) is 13.2 Å². The fraction of sp³-hybridized carbons (Fsp3) is 0.240. The van der Waals surface area contributed by atoms with Gasteiger partial charge in [-0.1, -0.05) is 19.1 Å². The molecule has 9 nitrogen and oxygen atoms in total. The van der Waals surface area contributed by atoms with E-state index in [0.29, 0.717) is 13.0 Å². The molecular formula is C25H25F2N5O4. The second kappa shape index (κ2) is 10.5. The van der Waals surface area contributed by atoms with Crippen LogP contribution in [0.25, 0.3) is 0 Å². The molecule has 11 heteroatoms. The number of likely N-dealkylation sites (N-methyl/N-ethyl adjacent to an activating group) is 1. The van der Waals surface area contributed by atoms with Gasteiger partial charge < -0.3 is 30.0 Å². The fourth-order valence-corrected chi connectivity index (χ4v) is 3.47. The zero-order valence-corrected chi connectivity index (χ0v) is 19.7. The van der Waals surface area contributed by atoms with Crippen LogP contribution in [0, 0.1) is 17.0 Å². The molecule has 0 unspecified atom stereocenters. The molecule has 2 aromatic carbocycles. The van der Waals surface area contributed by atoms with E-state index in [2.05, 4.69) is 9.98 Å². The van der Waals surface area contributed by atoms with Gasteiger partial charge >= 0.3 is 0 Å². The van der Waals surface area contributed by atoms with E-state index in [0.717, 1.165) is 17.9 Å². The van der Waals surface area contributed by atoms with E-state index in [1.165, 1.54) is 18.2 Å². The molecule has 0 amide bonds. The number of nitrogen functional groups attached to an aromatic ring is 1. The van der Waals surface area contributed by atoms with E-state index >= 15 is 8.78 Å². The molecule has 0 fully saturated rings. The molecule has 1 aromatic heterocycles. The van der Waals surface area contributed by atoms with Gasteiger partial charge in [0.15, 0.2) is 11.5 Å². The highest BCUT2D eigenvalue weighted by atomic mass is 19.1. The Morgan fingerprint density at radius 2 is 1.89 bits per heavy atom. The second-order valence-electron chi connectivity index (χ2n) is 7.98. The number of hydrogen-bond acceptors (Lipinski definition) is 8. The molecule has 0 aliphatic carbocycles. The number of phenols is 1. The van der Waals surface area contributed by atoms with E-state index < -0.39 is 29.1 Å². The van der Waals surface area contributed by atoms with Crippen LogP contribution in [0.3, 0.4) is 0 Å². The first-order chi connectivity index (χ1) is 17.3. The number of pyridine rings is 1. The first-order valence-corrected chi connectivity index (χ1v) is 11.2. The molecule has 2 heterocycles. The summed E-state index contributed by atoms with van der Waals surface area (Å²) >= 11 is 0. The smallest absolute Gasteiger partial charge is 0.263 e. The average molecular weight is 498 g/mol. The second-order valence-corrected chi connectivity index (χ2v) is 7.98. The van der Waals surface area contributed by atoms with Crippen LogP contribution in [0.1, 0.15) is 24.5 Å². The van der Waals surface area contributed by atoms with E-state index in [4.69, 9.17) is 25.4 Å². The molecule has 0 bridgehead atoms. The highest BCUT2D eigenvalue weighted by Gasteiger charge is 2.26. The van der Waals surface area contributed by atoms with Crippen molar-refractivity contribution in [1.82, 2.24) is 9.88 Å². The van der Waals surface area contributed by atoms with Crippen LogP contribution in [0.2, 0.25) is 0 Å². The maximum absolute atomic E-state index is 15.2. The lowest BCUT2D eigenvalue weighted by Crippen LogP contribution is -2.23. The minimum Gasteiger partial charge on any atom is -0.504 e. The van der Waals surface area contributed by atoms with Crippen LogP contribution < -0.4 is 19.9 Å². The SMILES string of the molecule is CCCOc1c(F)c(Oc2cccc(C3=NCCN3C)c2)nc(Oc2cc(C(=N)N)ccc2O)c1F. The summed E-state index contributed by atoms with van der Waals surface area (Å²) < 4.78 is 46.9. The molecule has 0 saturated heterocycles. The van der Waals surface area contributed by atoms with Crippen molar-refractivity contribution in [2.45, 2.75) is 13.3 Å². The summed E-state index contributed by atoms with van der Waals surface area (Å²) in [6.07, 6.45) is 0.493. The van der Waals surface area contributed by atoms with Gasteiger partial charge in [0, 0.05) is 24.7 Å². The molecule has 0 saturated carbocycles. The van der Waals surface area contributed by atoms with Crippen LogP contribution in [-0.2, 0) is 0 Å². The third-order valence-corrected chi connectivity index (χ3v) is 5.27. The molecule has 0 radical (unpaired) electrons. The van der Waals surface area contributed by atoms with Gasteiger partial charge in [-0.2, -0.15) is 13.8 Å². The van der Waals surface area contributed by atoms with Crippen molar-refractivity contribution in [1.29, 1.82) is 5.41 Å². The van der Waals surface area contributed by atoms with Crippen LogP contribution in [0.4, 0.5) is 8.78 Å². The lowest BCUT2D eigenvalue weighted by Gasteiger charge is -2.16. The fourth-order valence-electron chi connectivity index (χ4n) is 3.47. The number of aromatic hydroxyl groups is 1. The van der Waals surface area contributed by atoms with Crippen molar-refractivity contribution in [3.05, 3.63) is 65.2 Å². The third kappa shape index (κ3) is 5.14. The Labute approximate surface area is 206 Å². The number of nitrogens with zero attached hydrogens (tertiary/aromatic N) is 3. The molecule has 1 aliphatic rings. The van der Waals surface area contributed by atoms with Crippen LogP contribution in [-0.4, -0.2) is 53.4 Å². The van der Waals surface area contributed by atoms with Gasteiger partial charge in [-0.15, -0.1) is 0 Å². The number of rotatable bonds is 9. The van der Waals surface area contributed by atoms with Crippen molar-refractivity contribution in [2.75, 3.05) is 26.7 Å². The number of benzene rings is 2.